The number of imidazole rings is 1. The second-order valence-electron chi connectivity index (χ2n) is 4.57. The Hall–Kier alpha value is -0.680. The Balaban J connectivity index is 1.79. The predicted octanol–water partition coefficient (Wildman–Crippen LogP) is 1.58. The molecule has 96 valence electrons. The van der Waals surface area contributed by atoms with E-state index in [9.17, 15) is 4.21 Å². The van der Waals surface area contributed by atoms with E-state index in [-0.39, 0.29) is 0 Å². The Kier molecular flexibility index (Phi) is 4.74. The minimum Gasteiger partial charge on any atom is -0.348 e. The summed E-state index contributed by atoms with van der Waals surface area (Å²) in [5, 5.41) is 3.90. The molecule has 0 saturated heterocycles. The van der Waals surface area contributed by atoms with Crippen LogP contribution < -0.4 is 5.32 Å². The molecule has 1 fully saturated rings. The Bertz CT molecular complexity index is 353. The van der Waals surface area contributed by atoms with Gasteiger partial charge in [-0.15, -0.1) is 0 Å². The molecule has 1 aromatic rings. The molecule has 1 aliphatic rings. The molecule has 0 radical (unpaired) electrons. The van der Waals surface area contributed by atoms with Crippen LogP contribution in [0.5, 0.6) is 0 Å². The highest BCUT2D eigenvalue weighted by molar-refractivity contribution is 7.85. The van der Waals surface area contributed by atoms with E-state index in [1.807, 2.05) is 13.1 Å². The second-order valence-corrected chi connectivity index (χ2v) is 6.58. The number of rotatable bonds is 5. The molecule has 1 aromatic heterocycles. The van der Waals surface area contributed by atoms with Crippen molar-refractivity contribution in [2.24, 2.45) is 0 Å². The largest absolute Gasteiger partial charge is 0.348 e. The minimum atomic E-state index is -0.638. The van der Waals surface area contributed by atoms with Gasteiger partial charge in [0, 0.05) is 40.2 Å². The lowest BCUT2D eigenvalue weighted by Crippen LogP contribution is -2.37. The first-order valence-corrected chi connectivity index (χ1v) is 7.76. The first-order valence-electron chi connectivity index (χ1n) is 6.38. The maximum atomic E-state index is 11.8. The number of hydrogen-bond donors (Lipinski definition) is 2. The third kappa shape index (κ3) is 3.64. The molecule has 0 aromatic carbocycles. The number of H-pyrrole nitrogens is 1. The lowest BCUT2D eigenvalue weighted by atomic mass is 9.95. The van der Waals surface area contributed by atoms with Crippen LogP contribution in [0.25, 0.3) is 0 Å². The Labute approximate surface area is 105 Å². The molecule has 0 bridgehead atoms. The molecule has 17 heavy (non-hydrogen) atoms. The lowest BCUT2D eigenvalue weighted by Gasteiger charge is -2.28. The van der Waals surface area contributed by atoms with E-state index in [1.165, 1.54) is 12.8 Å². The van der Waals surface area contributed by atoms with Gasteiger partial charge in [-0.1, -0.05) is 13.3 Å². The zero-order valence-corrected chi connectivity index (χ0v) is 11.1. The van der Waals surface area contributed by atoms with Crippen molar-refractivity contribution in [1.29, 1.82) is 0 Å². The van der Waals surface area contributed by atoms with E-state index in [0.29, 0.717) is 11.3 Å². The van der Waals surface area contributed by atoms with Crippen molar-refractivity contribution in [3.05, 3.63) is 18.2 Å². The van der Waals surface area contributed by atoms with Gasteiger partial charge >= 0.3 is 0 Å². The van der Waals surface area contributed by atoms with E-state index in [4.69, 9.17) is 0 Å². The van der Waals surface area contributed by atoms with Crippen molar-refractivity contribution in [1.82, 2.24) is 15.3 Å². The molecular formula is C12H21N3OS. The predicted molar refractivity (Wildman–Crippen MR) is 70.2 cm³/mol. The second kappa shape index (κ2) is 6.31. The van der Waals surface area contributed by atoms with E-state index in [2.05, 4.69) is 15.3 Å². The molecule has 3 unspecified atom stereocenters. The molecular weight excluding hydrogens is 234 g/mol. The summed E-state index contributed by atoms with van der Waals surface area (Å²) in [5.74, 6) is 1.76. The van der Waals surface area contributed by atoms with Crippen LogP contribution in [0.1, 0.15) is 38.4 Å². The van der Waals surface area contributed by atoms with Crippen LogP contribution in [-0.2, 0) is 17.3 Å². The molecule has 1 aliphatic carbocycles. The van der Waals surface area contributed by atoms with Crippen molar-refractivity contribution < 1.29 is 4.21 Å². The lowest BCUT2D eigenvalue weighted by molar-refractivity contribution is 0.373. The zero-order chi connectivity index (χ0) is 12.1. The zero-order valence-electron chi connectivity index (χ0n) is 10.3. The van der Waals surface area contributed by atoms with Gasteiger partial charge in [0.15, 0.2) is 0 Å². The van der Waals surface area contributed by atoms with Crippen LogP contribution in [0.15, 0.2) is 12.4 Å². The fourth-order valence-corrected chi connectivity index (χ4v) is 3.79. The van der Waals surface area contributed by atoms with Crippen LogP contribution in [0.3, 0.4) is 0 Å². The molecule has 0 aliphatic heterocycles. The standard InChI is InChI=1S/C12H21N3OS/c1-2-17(16)11-5-3-4-10(8-11)15-9-12-13-6-7-14-12/h6-7,10-11,15H,2-5,8-9H2,1H3,(H,13,14). The van der Waals surface area contributed by atoms with Crippen LogP contribution in [-0.4, -0.2) is 31.2 Å². The maximum Gasteiger partial charge on any atom is 0.120 e. The van der Waals surface area contributed by atoms with Crippen LogP contribution in [0.4, 0.5) is 0 Å². The summed E-state index contributed by atoms with van der Waals surface area (Å²) in [6, 6.07) is 0.495. The molecule has 1 saturated carbocycles. The minimum absolute atomic E-state index is 0.392. The average molecular weight is 255 g/mol. The summed E-state index contributed by atoms with van der Waals surface area (Å²) >= 11 is 0. The SMILES string of the molecule is CCS(=O)C1CCCC(NCc2ncc[nH]2)C1. The van der Waals surface area contributed by atoms with Crippen molar-refractivity contribution in [3.63, 3.8) is 0 Å². The van der Waals surface area contributed by atoms with Gasteiger partial charge in [-0.3, -0.25) is 4.21 Å². The van der Waals surface area contributed by atoms with Crippen molar-refractivity contribution in [2.75, 3.05) is 5.75 Å². The Morgan fingerprint density at radius 1 is 1.59 bits per heavy atom. The van der Waals surface area contributed by atoms with Gasteiger partial charge in [0.25, 0.3) is 0 Å². The first kappa shape index (κ1) is 12.8. The van der Waals surface area contributed by atoms with Crippen molar-refractivity contribution >= 4 is 10.8 Å². The molecule has 2 rings (SSSR count). The monoisotopic (exact) mass is 255 g/mol. The summed E-state index contributed by atoms with van der Waals surface area (Å²) in [7, 11) is -0.638. The highest BCUT2D eigenvalue weighted by Gasteiger charge is 2.25. The van der Waals surface area contributed by atoms with E-state index in [0.717, 1.165) is 31.0 Å². The Morgan fingerprint density at radius 3 is 3.18 bits per heavy atom. The molecule has 1 heterocycles. The first-order chi connectivity index (χ1) is 8.29. The molecule has 0 spiro atoms. The van der Waals surface area contributed by atoms with Crippen LogP contribution >= 0.6 is 0 Å². The normalized spacial score (nSPS) is 26.9. The summed E-state index contributed by atoms with van der Waals surface area (Å²) < 4.78 is 11.8. The van der Waals surface area contributed by atoms with Gasteiger partial charge in [0.05, 0.1) is 6.54 Å². The topological polar surface area (TPSA) is 57.8 Å². The number of aromatic nitrogens is 2. The molecule has 4 nitrogen and oxygen atoms in total. The van der Waals surface area contributed by atoms with Gasteiger partial charge in [0.2, 0.25) is 0 Å². The Morgan fingerprint density at radius 2 is 2.47 bits per heavy atom. The summed E-state index contributed by atoms with van der Waals surface area (Å²) in [6.45, 7) is 2.79. The number of nitrogens with one attached hydrogen (secondary N) is 2. The van der Waals surface area contributed by atoms with Crippen LogP contribution in [0, 0.1) is 0 Å². The summed E-state index contributed by atoms with van der Waals surface area (Å²) in [6.07, 6.45) is 8.16. The van der Waals surface area contributed by atoms with Gasteiger partial charge in [-0.25, -0.2) is 4.98 Å². The number of aromatic amines is 1. The summed E-state index contributed by atoms with van der Waals surface area (Å²) in [4.78, 5) is 7.28. The smallest absolute Gasteiger partial charge is 0.120 e. The number of hydrogen-bond acceptors (Lipinski definition) is 3. The van der Waals surface area contributed by atoms with Gasteiger partial charge in [-0.05, 0) is 19.3 Å². The van der Waals surface area contributed by atoms with E-state index >= 15 is 0 Å². The molecule has 5 heteroatoms. The maximum absolute atomic E-state index is 11.8. The molecule has 3 atom stereocenters. The fraction of sp³-hybridized carbons (Fsp3) is 0.750. The third-order valence-electron chi connectivity index (χ3n) is 3.40. The highest BCUT2D eigenvalue weighted by Crippen LogP contribution is 2.23. The number of nitrogens with zero attached hydrogens (tertiary/aromatic N) is 1. The summed E-state index contributed by atoms with van der Waals surface area (Å²) in [5.41, 5.74) is 0. The third-order valence-corrected chi connectivity index (χ3v) is 5.14. The fourth-order valence-electron chi connectivity index (χ4n) is 2.44. The van der Waals surface area contributed by atoms with Gasteiger partial charge in [-0.2, -0.15) is 0 Å². The van der Waals surface area contributed by atoms with Gasteiger partial charge in [0.1, 0.15) is 5.82 Å². The highest BCUT2D eigenvalue weighted by atomic mass is 32.2. The van der Waals surface area contributed by atoms with Crippen molar-refractivity contribution in [2.45, 2.75) is 50.4 Å². The van der Waals surface area contributed by atoms with Gasteiger partial charge < -0.3 is 10.3 Å². The van der Waals surface area contributed by atoms with Crippen molar-refractivity contribution in [3.8, 4) is 0 Å². The average Bonchev–Trinajstić information content (AvgIpc) is 2.89. The van der Waals surface area contributed by atoms with E-state index in [1.54, 1.807) is 6.20 Å². The van der Waals surface area contributed by atoms with Crippen LogP contribution in [0.2, 0.25) is 0 Å². The van der Waals surface area contributed by atoms with E-state index < -0.39 is 10.8 Å². The molecule has 0 amide bonds. The molecule has 2 N–H and O–H groups in total. The quantitative estimate of drug-likeness (QED) is 0.840.